The Labute approximate surface area is 156 Å². The van der Waals surface area contributed by atoms with Crippen LogP contribution in [0.25, 0.3) is 0 Å². The third kappa shape index (κ3) is 2.89. The van der Waals surface area contributed by atoms with Crippen LogP contribution in [0.15, 0.2) is 30.6 Å². The smallest absolute Gasteiger partial charge is 0.399 e. The predicted molar refractivity (Wildman–Crippen MR) is 102 cm³/mol. The van der Waals surface area contributed by atoms with Crippen LogP contribution >= 0.6 is 0 Å². The molecule has 1 aliphatic heterocycles. The van der Waals surface area contributed by atoms with E-state index in [1.165, 1.54) is 24.8 Å². The van der Waals surface area contributed by atoms with Gasteiger partial charge in [0.15, 0.2) is 0 Å². The first-order valence-corrected chi connectivity index (χ1v) is 9.58. The average molecular weight is 353 g/mol. The van der Waals surface area contributed by atoms with Gasteiger partial charge in [-0.2, -0.15) is 0 Å². The van der Waals surface area contributed by atoms with Crippen molar-refractivity contribution in [2.45, 2.75) is 64.1 Å². The van der Waals surface area contributed by atoms with Gasteiger partial charge in [0.05, 0.1) is 11.2 Å². The van der Waals surface area contributed by atoms with Gasteiger partial charge >= 0.3 is 7.12 Å². The second-order valence-electron chi connectivity index (χ2n) is 8.73. The molecule has 0 amide bonds. The maximum absolute atomic E-state index is 6.24. The van der Waals surface area contributed by atoms with Gasteiger partial charge in [-0.05, 0) is 57.5 Å². The molecule has 4 rings (SSSR count). The molecule has 0 N–H and O–H groups in total. The van der Waals surface area contributed by atoms with E-state index in [1.54, 1.807) is 6.33 Å². The molecular formula is C20H28BN3O2. The number of benzene rings is 1. The SMILES string of the molecule is Cn1cnnc1[C@@H](c1cccc(B2OC(C)(C)C(C)(C)O2)c1)C1CCC1. The number of rotatable bonds is 4. The summed E-state index contributed by atoms with van der Waals surface area (Å²) in [6.45, 7) is 8.36. The molecule has 2 aliphatic rings. The molecule has 6 heteroatoms. The topological polar surface area (TPSA) is 49.2 Å². The Balaban J connectivity index is 1.68. The summed E-state index contributed by atoms with van der Waals surface area (Å²) in [6, 6.07) is 8.64. The van der Waals surface area contributed by atoms with E-state index < -0.39 is 0 Å². The van der Waals surface area contributed by atoms with E-state index in [0.717, 1.165) is 11.3 Å². The molecule has 138 valence electrons. The van der Waals surface area contributed by atoms with Gasteiger partial charge in [0, 0.05) is 13.0 Å². The second-order valence-corrected chi connectivity index (χ2v) is 8.73. The molecule has 1 saturated carbocycles. The molecule has 2 heterocycles. The highest BCUT2D eigenvalue weighted by Crippen LogP contribution is 2.42. The van der Waals surface area contributed by atoms with E-state index in [-0.39, 0.29) is 24.2 Å². The number of hydrogen-bond acceptors (Lipinski definition) is 4. The second kappa shape index (κ2) is 6.20. The van der Waals surface area contributed by atoms with Gasteiger partial charge in [-0.1, -0.05) is 30.7 Å². The quantitative estimate of drug-likeness (QED) is 0.793. The van der Waals surface area contributed by atoms with Gasteiger partial charge in [0.1, 0.15) is 12.2 Å². The molecule has 0 unspecified atom stereocenters. The molecule has 1 aliphatic carbocycles. The Bertz CT molecular complexity index is 782. The summed E-state index contributed by atoms with van der Waals surface area (Å²) in [4.78, 5) is 0. The number of aromatic nitrogens is 3. The lowest BCUT2D eigenvalue weighted by Crippen LogP contribution is -2.41. The molecule has 1 aromatic carbocycles. The summed E-state index contributed by atoms with van der Waals surface area (Å²) in [5, 5.41) is 8.53. The summed E-state index contributed by atoms with van der Waals surface area (Å²) < 4.78 is 14.5. The Kier molecular flexibility index (Phi) is 4.23. The van der Waals surface area contributed by atoms with Crippen molar-refractivity contribution in [1.29, 1.82) is 0 Å². The monoisotopic (exact) mass is 353 g/mol. The van der Waals surface area contributed by atoms with Gasteiger partial charge in [-0.3, -0.25) is 0 Å². The zero-order valence-corrected chi connectivity index (χ0v) is 16.4. The fourth-order valence-corrected chi connectivity index (χ4v) is 3.86. The molecule has 26 heavy (non-hydrogen) atoms. The summed E-state index contributed by atoms with van der Waals surface area (Å²) >= 11 is 0. The molecule has 1 aromatic heterocycles. The molecule has 0 radical (unpaired) electrons. The van der Waals surface area contributed by atoms with E-state index in [0.29, 0.717) is 5.92 Å². The number of nitrogens with zero attached hydrogens (tertiary/aromatic N) is 3. The van der Waals surface area contributed by atoms with Crippen molar-refractivity contribution in [2.24, 2.45) is 13.0 Å². The molecule has 0 bridgehead atoms. The third-order valence-corrected chi connectivity index (χ3v) is 6.44. The van der Waals surface area contributed by atoms with Crippen molar-refractivity contribution < 1.29 is 9.31 Å². The van der Waals surface area contributed by atoms with Gasteiger partial charge < -0.3 is 13.9 Å². The minimum atomic E-state index is -0.332. The van der Waals surface area contributed by atoms with Crippen LogP contribution in [0.5, 0.6) is 0 Å². The maximum atomic E-state index is 6.24. The van der Waals surface area contributed by atoms with Gasteiger partial charge in [-0.15, -0.1) is 10.2 Å². The van der Waals surface area contributed by atoms with Crippen molar-refractivity contribution in [2.75, 3.05) is 0 Å². The van der Waals surface area contributed by atoms with Crippen molar-refractivity contribution in [1.82, 2.24) is 14.8 Å². The Morgan fingerprint density at radius 1 is 1.15 bits per heavy atom. The first kappa shape index (κ1) is 17.7. The molecule has 2 aromatic rings. The molecule has 1 atom stereocenters. The molecule has 1 saturated heterocycles. The van der Waals surface area contributed by atoms with Crippen LogP contribution in [0.3, 0.4) is 0 Å². The minimum absolute atomic E-state index is 0.277. The van der Waals surface area contributed by atoms with Crippen LogP contribution < -0.4 is 5.46 Å². The lowest BCUT2D eigenvalue weighted by Gasteiger charge is -2.33. The fourth-order valence-electron chi connectivity index (χ4n) is 3.86. The standard InChI is InChI=1S/C20H28BN3O2/c1-19(2)20(3,4)26-21(25-19)16-11-7-10-15(12-16)17(14-8-6-9-14)18-23-22-13-24(18)5/h7,10-14,17H,6,8-9H2,1-5H3/t17-/m1/s1. The van der Waals surface area contributed by atoms with Crippen LogP contribution in [-0.4, -0.2) is 33.1 Å². The van der Waals surface area contributed by atoms with Gasteiger partial charge in [0.2, 0.25) is 0 Å². The third-order valence-electron chi connectivity index (χ3n) is 6.44. The Morgan fingerprint density at radius 3 is 2.38 bits per heavy atom. The van der Waals surface area contributed by atoms with Crippen LogP contribution in [0.1, 0.15) is 64.3 Å². The van der Waals surface area contributed by atoms with E-state index >= 15 is 0 Å². The number of hydrogen-bond donors (Lipinski definition) is 0. The number of aryl methyl sites for hydroxylation is 1. The van der Waals surface area contributed by atoms with E-state index in [2.05, 4.69) is 62.2 Å². The van der Waals surface area contributed by atoms with Crippen molar-refractivity contribution >= 4 is 12.6 Å². The van der Waals surface area contributed by atoms with Crippen LogP contribution in [-0.2, 0) is 16.4 Å². The molecule has 5 nitrogen and oxygen atoms in total. The normalized spacial score (nSPS) is 23.0. The largest absolute Gasteiger partial charge is 0.494 e. The highest BCUT2D eigenvalue weighted by Gasteiger charge is 2.51. The summed E-state index contributed by atoms with van der Waals surface area (Å²) in [7, 11) is 1.69. The molecule has 0 spiro atoms. The van der Waals surface area contributed by atoms with Crippen molar-refractivity contribution in [3.05, 3.63) is 42.0 Å². The van der Waals surface area contributed by atoms with Gasteiger partial charge in [0.25, 0.3) is 0 Å². The lowest BCUT2D eigenvalue weighted by atomic mass is 9.70. The molecular weight excluding hydrogens is 325 g/mol. The van der Waals surface area contributed by atoms with E-state index in [9.17, 15) is 0 Å². The minimum Gasteiger partial charge on any atom is -0.399 e. The van der Waals surface area contributed by atoms with Crippen molar-refractivity contribution in [3.63, 3.8) is 0 Å². The first-order valence-electron chi connectivity index (χ1n) is 9.58. The summed E-state index contributed by atoms with van der Waals surface area (Å²) in [6.07, 6.45) is 5.59. The summed E-state index contributed by atoms with van der Waals surface area (Å²) in [5.74, 6) is 1.95. The lowest BCUT2D eigenvalue weighted by molar-refractivity contribution is 0.00578. The van der Waals surface area contributed by atoms with E-state index in [4.69, 9.17) is 9.31 Å². The zero-order chi connectivity index (χ0) is 18.5. The Hall–Kier alpha value is -1.66. The van der Waals surface area contributed by atoms with Crippen LogP contribution in [0, 0.1) is 5.92 Å². The van der Waals surface area contributed by atoms with E-state index in [1.807, 2.05) is 11.6 Å². The van der Waals surface area contributed by atoms with Crippen LogP contribution in [0.2, 0.25) is 0 Å². The zero-order valence-electron chi connectivity index (χ0n) is 16.4. The van der Waals surface area contributed by atoms with Crippen LogP contribution in [0.4, 0.5) is 0 Å². The van der Waals surface area contributed by atoms with Crippen molar-refractivity contribution in [3.8, 4) is 0 Å². The molecule has 2 fully saturated rings. The first-order chi connectivity index (χ1) is 12.3. The highest BCUT2D eigenvalue weighted by atomic mass is 16.7. The predicted octanol–water partition coefficient (Wildman–Crippen LogP) is 3.05. The highest BCUT2D eigenvalue weighted by molar-refractivity contribution is 6.62. The van der Waals surface area contributed by atoms with Gasteiger partial charge in [-0.25, -0.2) is 0 Å². The summed E-state index contributed by atoms with van der Waals surface area (Å²) in [5.41, 5.74) is 1.69. The fraction of sp³-hybridized carbons (Fsp3) is 0.600. The average Bonchev–Trinajstić information content (AvgIpc) is 3.04. The Morgan fingerprint density at radius 2 is 1.85 bits per heavy atom. The maximum Gasteiger partial charge on any atom is 0.494 e.